The van der Waals surface area contributed by atoms with Gasteiger partial charge >= 0.3 is 0 Å². The average molecular weight is 423 g/mol. The Balaban J connectivity index is 1.80. The Morgan fingerprint density at radius 3 is 1.80 bits per heavy atom. The van der Waals surface area contributed by atoms with Gasteiger partial charge in [0.25, 0.3) is 0 Å². The molecule has 0 saturated carbocycles. The Morgan fingerprint density at radius 1 is 0.500 bits per heavy atom. The standard InChI is InChI=1S/C28H20ClP/c29-22-18-19-28(27(20-22)26-17-9-11-21-10-7-8-16-25(21)26)30(23-12-3-1-4-13-23)24-14-5-2-6-15-24/h1-20H. The fourth-order valence-corrected chi connectivity index (χ4v) is 6.58. The molecule has 0 radical (unpaired) electrons. The monoisotopic (exact) mass is 422 g/mol. The van der Waals surface area contributed by atoms with Crippen LogP contribution in [0.4, 0.5) is 0 Å². The zero-order chi connectivity index (χ0) is 20.3. The van der Waals surface area contributed by atoms with Crippen molar-refractivity contribution in [2.24, 2.45) is 0 Å². The molecule has 5 aromatic carbocycles. The topological polar surface area (TPSA) is 0 Å². The van der Waals surface area contributed by atoms with Gasteiger partial charge in [-0.25, -0.2) is 0 Å². The summed E-state index contributed by atoms with van der Waals surface area (Å²) < 4.78 is 0. The van der Waals surface area contributed by atoms with E-state index >= 15 is 0 Å². The van der Waals surface area contributed by atoms with Crippen LogP contribution in [-0.2, 0) is 0 Å². The van der Waals surface area contributed by atoms with Gasteiger partial charge in [0.05, 0.1) is 0 Å². The first kappa shape index (κ1) is 19.1. The summed E-state index contributed by atoms with van der Waals surface area (Å²) in [6.45, 7) is 0. The third kappa shape index (κ3) is 3.65. The number of benzene rings is 5. The summed E-state index contributed by atoms with van der Waals surface area (Å²) in [5, 5.41) is 7.25. The van der Waals surface area contributed by atoms with Gasteiger partial charge < -0.3 is 0 Å². The van der Waals surface area contributed by atoms with Crippen LogP contribution in [-0.4, -0.2) is 0 Å². The molecular formula is C28H20ClP. The summed E-state index contributed by atoms with van der Waals surface area (Å²) in [5.74, 6) is 0. The van der Waals surface area contributed by atoms with Crippen molar-refractivity contribution in [1.82, 2.24) is 0 Å². The molecule has 0 aliphatic rings. The Kier molecular flexibility index (Phi) is 5.37. The van der Waals surface area contributed by atoms with Gasteiger partial charge in [0, 0.05) is 5.02 Å². The number of halogens is 1. The van der Waals surface area contributed by atoms with Gasteiger partial charge in [-0.2, -0.15) is 0 Å². The summed E-state index contributed by atoms with van der Waals surface area (Å²) in [4.78, 5) is 0. The number of rotatable bonds is 4. The highest BCUT2D eigenvalue weighted by Crippen LogP contribution is 2.39. The van der Waals surface area contributed by atoms with E-state index in [1.165, 1.54) is 37.8 Å². The van der Waals surface area contributed by atoms with Gasteiger partial charge in [-0.3, -0.25) is 0 Å². The summed E-state index contributed by atoms with van der Waals surface area (Å²) in [7, 11) is -0.717. The average Bonchev–Trinajstić information content (AvgIpc) is 2.81. The first-order valence-electron chi connectivity index (χ1n) is 9.99. The Hall–Kier alpha value is -2.92. The van der Waals surface area contributed by atoms with E-state index in [2.05, 4.69) is 115 Å². The molecule has 0 heterocycles. The van der Waals surface area contributed by atoms with Crippen molar-refractivity contribution in [3.8, 4) is 11.1 Å². The highest BCUT2D eigenvalue weighted by molar-refractivity contribution is 7.80. The lowest BCUT2D eigenvalue weighted by molar-refractivity contribution is 1.68. The van der Waals surface area contributed by atoms with Crippen LogP contribution in [0, 0.1) is 0 Å². The van der Waals surface area contributed by atoms with Gasteiger partial charge in [0.2, 0.25) is 0 Å². The van der Waals surface area contributed by atoms with Crippen molar-refractivity contribution in [2.75, 3.05) is 0 Å². The van der Waals surface area contributed by atoms with Gasteiger partial charge in [0.15, 0.2) is 0 Å². The lowest BCUT2D eigenvalue weighted by Crippen LogP contribution is -2.22. The van der Waals surface area contributed by atoms with Crippen LogP contribution in [0.25, 0.3) is 21.9 Å². The lowest BCUT2D eigenvalue weighted by atomic mass is 9.98. The molecule has 0 fully saturated rings. The molecule has 0 saturated heterocycles. The van der Waals surface area contributed by atoms with E-state index in [1.807, 2.05) is 6.07 Å². The molecule has 0 aliphatic heterocycles. The zero-order valence-electron chi connectivity index (χ0n) is 16.4. The maximum absolute atomic E-state index is 6.52. The smallest absolute Gasteiger partial charge is 0.0412 e. The molecule has 5 rings (SSSR count). The van der Waals surface area contributed by atoms with Crippen molar-refractivity contribution < 1.29 is 0 Å². The second-order valence-corrected chi connectivity index (χ2v) is 9.82. The minimum Gasteiger partial charge on any atom is -0.0843 e. The van der Waals surface area contributed by atoms with Crippen LogP contribution in [0.3, 0.4) is 0 Å². The van der Waals surface area contributed by atoms with E-state index in [0.29, 0.717) is 0 Å². The van der Waals surface area contributed by atoms with Crippen molar-refractivity contribution in [1.29, 1.82) is 0 Å². The van der Waals surface area contributed by atoms with Crippen LogP contribution in [0.15, 0.2) is 121 Å². The third-order valence-electron chi connectivity index (χ3n) is 5.31. The van der Waals surface area contributed by atoms with E-state index < -0.39 is 7.92 Å². The molecular weight excluding hydrogens is 403 g/mol. The van der Waals surface area contributed by atoms with Crippen LogP contribution in [0.5, 0.6) is 0 Å². The maximum Gasteiger partial charge on any atom is 0.0412 e. The molecule has 0 aliphatic carbocycles. The third-order valence-corrected chi connectivity index (χ3v) is 8.04. The molecule has 0 spiro atoms. The van der Waals surface area contributed by atoms with Crippen LogP contribution in [0.2, 0.25) is 5.02 Å². The minimum atomic E-state index is -0.717. The Morgan fingerprint density at radius 2 is 1.10 bits per heavy atom. The van der Waals surface area contributed by atoms with Crippen molar-refractivity contribution >= 4 is 46.2 Å². The van der Waals surface area contributed by atoms with Gasteiger partial charge in [-0.15, -0.1) is 0 Å². The molecule has 0 amide bonds. The molecule has 5 aromatic rings. The molecule has 144 valence electrons. The molecule has 0 N–H and O–H groups in total. The number of hydrogen-bond acceptors (Lipinski definition) is 0. The maximum atomic E-state index is 6.52. The van der Waals surface area contributed by atoms with E-state index in [1.54, 1.807) is 0 Å². The highest BCUT2D eigenvalue weighted by Gasteiger charge is 2.21. The van der Waals surface area contributed by atoms with Gasteiger partial charge in [-0.1, -0.05) is 121 Å². The van der Waals surface area contributed by atoms with Gasteiger partial charge in [-0.05, 0) is 57.9 Å². The first-order valence-corrected chi connectivity index (χ1v) is 11.7. The van der Waals surface area contributed by atoms with Crippen molar-refractivity contribution in [3.63, 3.8) is 0 Å². The fourth-order valence-electron chi connectivity index (χ4n) is 3.96. The second-order valence-electron chi connectivity index (χ2n) is 7.19. The predicted octanol–water partition coefficient (Wildman–Crippen LogP) is 6.92. The first-order chi connectivity index (χ1) is 14.8. The van der Waals surface area contributed by atoms with E-state index in [9.17, 15) is 0 Å². The summed E-state index contributed by atoms with van der Waals surface area (Å²) in [6.07, 6.45) is 0. The molecule has 0 nitrogen and oxygen atoms in total. The second kappa shape index (κ2) is 8.44. The molecule has 0 aromatic heterocycles. The molecule has 30 heavy (non-hydrogen) atoms. The molecule has 0 unspecified atom stereocenters. The zero-order valence-corrected chi connectivity index (χ0v) is 18.0. The normalized spacial score (nSPS) is 11.1. The van der Waals surface area contributed by atoms with E-state index in [0.717, 1.165) is 5.02 Å². The Labute approximate surface area is 183 Å². The van der Waals surface area contributed by atoms with Crippen LogP contribution < -0.4 is 15.9 Å². The number of hydrogen-bond donors (Lipinski definition) is 0. The summed E-state index contributed by atoms with van der Waals surface area (Å²) in [5.41, 5.74) is 2.43. The van der Waals surface area contributed by atoms with Crippen molar-refractivity contribution in [3.05, 3.63) is 126 Å². The fraction of sp³-hybridized carbons (Fsp3) is 0. The lowest BCUT2D eigenvalue weighted by Gasteiger charge is -2.23. The highest BCUT2D eigenvalue weighted by atomic mass is 35.5. The quantitative estimate of drug-likeness (QED) is 0.276. The molecule has 2 heteroatoms. The molecule has 0 atom stereocenters. The van der Waals surface area contributed by atoms with Crippen LogP contribution >= 0.6 is 19.5 Å². The predicted molar refractivity (Wildman–Crippen MR) is 133 cm³/mol. The Bertz CT molecular complexity index is 1250. The number of fused-ring (bicyclic) bond motifs is 1. The SMILES string of the molecule is Clc1ccc(P(c2ccccc2)c2ccccc2)c(-c2cccc3ccccc23)c1. The molecule has 0 bridgehead atoms. The summed E-state index contributed by atoms with van der Waals surface area (Å²) >= 11 is 6.52. The minimum absolute atomic E-state index is 0.717. The van der Waals surface area contributed by atoms with Crippen LogP contribution in [0.1, 0.15) is 0 Å². The van der Waals surface area contributed by atoms with E-state index in [4.69, 9.17) is 11.6 Å². The summed E-state index contributed by atoms with van der Waals surface area (Å²) in [6, 6.07) is 43.0. The largest absolute Gasteiger partial charge is 0.0843 e. The van der Waals surface area contributed by atoms with Gasteiger partial charge in [0.1, 0.15) is 0 Å². The van der Waals surface area contributed by atoms with E-state index in [-0.39, 0.29) is 0 Å². The van der Waals surface area contributed by atoms with Crippen molar-refractivity contribution in [2.45, 2.75) is 0 Å².